The maximum Gasteiger partial charge on any atom is 0.508 e. The summed E-state index contributed by atoms with van der Waals surface area (Å²) in [6, 6.07) is 14.2. The highest BCUT2D eigenvalue weighted by Gasteiger charge is 2.21. The Kier molecular flexibility index (Phi) is 33.6. The summed E-state index contributed by atoms with van der Waals surface area (Å²) >= 11 is 0. The van der Waals surface area contributed by atoms with Crippen molar-refractivity contribution in [2.45, 2.75) is 233 Å². The predicted octanol–water partition coefficient (Wildman–Crippen LogP) is 15.8. The van der Waals surface area contributed by atoms with Crippen molar-refractivity contribution in [2.24, 2.45) is 0 Å². The zero-order chi connectivity index (χ0) is 44.7. The van der Waals surface area contributed by atoms with E-state index in [4.69, 9.17) is 29.0 Å². The van der Waals surface area contributed by atoms with Crippen LogP contribution in [0.1, 0.15) is 238 Å². The molecule has 0 amide bonds. The third-order valence-electron chi connectivity index (χ3n) is 11.6. The average molecular weight is 867 g/mol. The second-order valence-electron chi connectivity index (χ2n) is 17.6. The van der Waals surface area contributed by atoms with E-state index < -0.39 is 30.3 Å². The Labute approximate surface area is 376 Å². The van der Waals surface area contributed by atoms with E-state index in [1.807, 2.05) is 26.0 Å². The molecule has 2 unspecified atom stereocenters. The Hall–Kier alpha value is -3.43. The SMILES string of the molecule is CCCCCCCCCCCCCCCCC(COC(=O)OCC(CCCCCCCCCCCCCCCC)OOC(=O)c1cccc(C)c1)OOC(=O)c1cccc(C)c1. The second kappa shape index (κ2) is 38.1. The minimum absolute atomic E-state index is 0.148. The number of carbonyl (C=O) groups excluding carboxylic acids is 3. The van der Waals surface area contributed by atoms with Crippen molar-refractivity contribution in [3.05, 3.63) is 70.8 Å². The van der Waals surface area contributed by atoms with Gasteiger partial charge in [-0.3, -0.25) is 9.78 Å². The fourth-order valence-corrected chi connectivity index (χ4v) is 7.68. The number of ether oxygens (including phenoxy) is 2. The van der Waals surface area contributed by atoms with Crippen molar-refractivity contribution in [1.29, 1.82) is 0 Å². The minimum Gasteiger partial charge on any atom is -0.431 e. The molecule has 0 fully saturated rings. The van der Waals surface area contributed by atoms with Gasteiger partial charge in [-0.05, 0) is 51.0 Å². The summed E-state index contributed by atoms with van der Waals surface area (Å²) in [7, 11) is 0. The molecule has 2 atom stereocenters. The number of hydrogen-bond acceptors (Lipinski definition) is 9. The Bertz CT molecular complexity index is 1310. The van der Waals surface area contributed by atoms with E-state index in [9.17, 15) is 14.4 Å². The van der Waals surface area contributed by atoms with Gasteiger partial charge in [0.25, 0.3) is 0 Å². The molecule has 352 valence electrons. The zero-order valence-electron chi connectivity index (χ0n) is 39.6. The summed E-state index contributed by atoms with van der Waals surface area (Å²) in [6.45, 7) is 8.03. The zero-order valence-corrected chi connectivity index (χ0v) is 39.6. The minimum atomic E-state index is -0.899. The van der Waals surface area contributed by atoms with Crippen molar-refractivity contribution < 1.29 is 43.4 Å². The highest BCUT2D eigenvalue weighted by Crippen LogP contribution is 2.18. The molecule has 62 heavy (non-hydrogen) atoms. The normalized spacial score (nSPS) is 12.2. The third-order valence-corrected chi connectivity index (χ3v) is 11.6. The molecule has 0 saturated carbocycles. The van der Waals surface area contributed by atoms with Gasteiger partial charge in [0, 0.05) is 0 Å². The van der Waals surface area contributed by atoms with Gasteiger partial charge in [-0.1, -0.05) is 229 Å². The maximum absolute atomic E-state index is 12.9. The summed E-state index contributed by atoms with van der Waals surface area (Å²) in [5.41, 5.74) is 2.63. The van der Waals surface area contributed by atoms with E-state index in [1.54, 1.807) is 36.4 Å². The van der Waals surface area contributed by atoms with Crippen LogP contribution in [0.25, 0.3) is 0 Å². The van der Waals surface area contributed by atoms with Crippen LogP contribution in [0.3, 0.4) is 0 Å². The van der Waals surface area contributed by atoms with Crippen LogP contribution < -0.4 is 0 Å². The smallest absolute Gasteiger partial charge is 0.431 e. The molecule has 0 saturated heterocycles. The van der Waals surface area contributed by atoms with Crippen LogP contribution in [0.15, 0.2) is 48.5 Å². The average Bonchev–Trinajstić information content (AvgIpc) is 3.27. The Balaban J connectivity index is 1.79. The van der Waals surface area contributed by atoms with Crippen molar-refractivity contribution in [1.82, 2.24) is 0 Å². The summed E-state index contributed by atoms with van der Waals surface area (Å²) < 4.78 is 11.0. The van der Waals surface area contributed by atoms with Gasteiger partial charge in [0.1, 0.15) is 25.4 Å². The molecule has 0 aliphatic rings. The lowest BCUT2D eigenvalue weighted by atomic mass is 10.0. The highest BCUT2D eigenvalue weighted by atomic mass is 17.2. The predicted molar refractivity (Wildman–Crippen MR) is 250 cm³/mol. The number of rotatable bonds is 40. The lowest BCUT2D eigenvalue weighted by Crippen LogP contribution is -2.27. The van der Waals surface area contributed by atoms with Crippen LogP contribution in [0.4, 0.5) is 4.79 Å². The first-order chi connectivity index (χ1) is 30.3. The molecule has 0 heterocycles. The van der Waals surface area contributed by atoms with Gasteiger partial charge in [-0.15, -0.1) is 0 Å². The topological polar surface area (TPSA) is 107 Å². The molecule has 2 rings (SSSR count). The number of unbranched alkanes of at least 4 members (excludes halogenated alkanes) is 26. The van der Waals surface area contributed by atoms with Crippen LogP contribution in [-0.4, -0.2) is 43.5 Å². The Morgan fingerprint density at radius 2 is 0.710 bits per heavy atom. The van der Waals surface area contributed by atoms with E-state index >= 15 is 0 Å². The van der Waals surface area contributed by atoms with E-state index in [-0.39, 0.29) is 13.2 Å². The van der Waals surface area contributed by atoms with Gasteiger partial charge in [0.05, 0.1) is 11.1 Å². The van der Waals surface area contributed by atoms with Gasteiger partial charge in [-0.2, -0.15) is 9.78 Å². The van der Waals surface area contributed by atoms with Crippen molar-refractivity contribution in [3.63, 3.8) is 0 Å². The maximum atomic E-state index is 12.9. The number of benzene rings is 2. The van der Waals surface area contributed by atoms with E-state index in [2.05, 4.69) is 13.8 Å². The molecule has 0 spiro atoms. The molecule has 0 bridgehead atoms. The molecule has 0 aliphatic carbocycles. The van der Waals surface area contributed by atoms with Crippen LogP contribution >= 0.6 is 0 Å². The van der Waals surface area contributed by atoms with E-state index in [0.717, 1.165) is 49.7 Å². The first-order valence-electron chi connectivity index (χ1n) is 25.0. The van der Waals surface area contributed by atoms with Crippen molar-refractivity contribution in [2.75, 3.05) is 13.2 Å². The summed E-state index contributed by atoms with van der Waals surface area (Å²) in [6.07, 6.45) is 33.8. The van der Waals surface area contributed by atoms with Gasteiger partial charge in [0.2, 0.25) is 0 Å². The van der Waals surface area contributed by atoms with Crippen LogP contribution in [0.2, 0.25) is 0 Å². The van der Waals surface area contributed by atoms with Gasteiger partial charge < -0.3 is 9.47 Å². The molecule has 0 aliphatic heterocycles. The first kappa shape index (κ1) is 54.7. The largest absolute Gasteiger partial charge is 0.508 e. The molecule has 9 nitrogen and oxygen atoms in total. The fraction of sp³-hybridized carbons (Fsp3) is 0.717. The highest BCUT2D eigenvalue weighted by molar-refractivity contribution is 5.89. The van der Waals surface area contributed by atoms with E-state index in [1.165, 1.54) is 141 Å². The second-order valence-corrected chi connectivity index (χ2v) is 17.6. The fourth-order valence-electron chi connectivity index (χ4n) is 7.68. The number of carbonyl (C=O) groups is 3. The standard InChI is InChI=1S/C53H86O9/c1-5-7-9-11-13-15-17-19-21-23-25-27-29-31-39-49(59-61-51(54)47-37-33-35-45(3)41-47)43-57-53(56)58-44-50(60-62-52(55)48-38-34-36-46(4)42-48)40-32-30-28-26-24-22-20-18-16-14-12-10-8-6-2/h33-38,41-42,49-50H,5-32,39-40,43-44H2,1-4H3. The molecular weight excluding hydrogens is 781 g/mol. The van der Waals surface area contributed by atoms with Crippen molar-refractivity contribution >= 4 is 18.1 Å². The van der Waals surface area contributed by atoms with Crippen molar-refractivity contribution in [3.8, 4) is 0 Å². The Morgan fingerprint density at radius 3 is 1.00 bits per heavy atom. The molecule has 2 aromatic rings. The summed E-state index contributed by atoms with van der Waals surface area (Å²) in [5.74, 6) is -1.21. The third kappa shape index (κ3) is 29.8. The first-order valence-corrected chi connectivity index (χ1v) is 25.0. The van der Waals surface area contributed by atoms with E-state index in [0.29, 0.717) is 24.0 Å². The number of hydrogen-bond donors (Lipinski definition) is 0. The van der Waals surface area contributed by atoms with Crippen LogP contribution in [0.5, 0.6) is 0 Å². The van der Waals surface area contributed by atoms with Crippen LogP contribution in [-0.2, 0) is 29.0 Å². The van der Waals surface area contributed by atoms with Gasteiger partial charge in [-0.25, -0.2) is 14.4 Å². The van der Waals surface area contributed by atoms with Crippen LogP contribution in [0, 0.1) is 13.8 Å². The molecule has 0 N–H and O–H groups in total. The molecule has 0 radical (unpaired) electrons. The lowest BCUT2D eigenvalue weighted by Gasteiger charge is -2.18. The molecule has 2 aromatic carbocycles. The lowest BCUT2D eigenvalue weighted by molar-refractivity contribution is -0.285. The molecule has 9 heteroatoms. The summed E-state index contributed by atoms with van der Waals surface area (Å²) in [5, 5.41) is 0. The number of aryl methyl sites for hydroxylation is 2. The monoisotopic (exact) mass is 867 g/mol. The summed E-state index contributed by atoms with van der Waals surface area (Å²) in [4.78, 5) is 60.0. The quantitative estimate of drug-likeness (QED) is 0.0280. The van der Waals surface area contributed by atoms with Gasteiger partial charge >= 0.3 is 18.1 Å². The Morgan fingerprint density at radius 1 is 0.419 bits per heavy atom. The molecular formula is C53H86O9. The molecule has 0 aromatic heterocycles. The van der Waals surface area contributed by atoms with Gasteiger partial charge in [0.15, 0.2) is 0 Å².